The van der Waals surface area contributed by atoms with Crippen LogP contribution in [0, 0.1) is 18.3 Å². The van der Waals surface area contributed by atoms with Crippen molar-refractivity contribution in [2.75, 3.05) is 7.05 Å². The number of para-hydroxylation sites is 1. The summed E-state index contributed by atoms with van der Waals surface area (Å²) in [6.07, 6.45) is 4.90. The Labute approximate surface area is 160 Å². The maximum atomic E-state index is 12.5. The first kappa shape index (κ1) is 19.5. The Balaban J connectivity index is 1.47. The minimum Gasteiger partial charge on any atom is -0.534 e. The molecule has 5 N–H and O–H groups in total. The molecule has 7 nitrogen and oxygen atoms in total. The summed E-state index contributed by atoms with van der Waals surface area (Å²) in [6, 6.07) is 6.20. The normalized spacial score (nSPS) is 24.4. The number of hydrogen-bond acceptors (Lipinski definition) is 4. The lowest BCUT2D eigenvalue weighted by Gasteiger charge is -2.31. The average Bonchev–Trinajstić information content (AvgIpc) is 2.65. The van der Waals surface area contributed by atoms with Crippen LogP contribution in [0.25, 0.3) is 0 Å². The average molecular weight is 372 g/mol. The lowest BCUT2D eigenvalue weighted by atomic mass is 9.72. The van der Waals surface area contributed by atoms with E-state index in [1.54, 1.807) is 7.05 Å². The summed E-state index contributed by atoms with van der Waals surface area (Å²) in [5.41, 5.74) is 2.01. The second-order valence-electron chi connectivity index (χ2n) is 7.64. The van der Waals surface area contributed by atoms with Gasteiger partial charge in [-0.2, -0.15) is 0 Å². The standard InChI is InChI=1S/C19H29BN4O3/c1-12-4-3-5-14-11-16(20(26)27-18(12)14)24-17(25)10-13-6-8-15(9-7-13)23-19(21)22-2/h3-5,13,15-16,26H,6-11H2,1-2H3,(H,24,25)(H3,21,22,23)/t13-,15-,16-/m0/s1. The van der Waals surface area contributed by atoms with Crippen LogP contribution in [0.2, 0.25) is 0 Å². The fourth-order valence-electron chi connectivity index (χ4n) is 4.02. The molecule has 0 spiro atoms. The first-order valence-corrected chi connectivity index (χ1v) is 9.71. The molecular formula is C19H29BN4O3. The number of amides is 1. The number of nitrogens with one attached hydrogen (secondary N) is 4. The van der Waals surface area contributed by atoms with Crippen LogP contribution < -0.4 is 20.6 Å². The van der Waals surface area contributed by atoms with Crippen molar-refractivity contribution >= 4 is 19.0 Å². The first-order chi connectivity index (χ1) is 13.0. The van der Waals surface area contributed by atoms with E-state index in [0.29, 0.717) is 30.8 Å². The second kappa shape index (κ2) is 8.65. The Morgan fingerprint density at radius 2 is 2.04 bits per heavy atom. The third-order valence-corrected chi connectivity index (χ3v) is 5.58. The fourth-order valence-corrected chi connectivity index (χ4v) is 4.02. The molecule has 1 saturated carbocycles. The van der Waals surface area contributed by atoms with E-state index in [1.165, 1.54) is 0 Å². The molecular weight excluding hydrogens is 343 g/mol. The molecule has 1 fully saturated rings. The van der Waals surface area contributed by atoms with Gasteiger partial charge in [-0.3, -0.25) is 10.2 Å². The minimum atomic E-state index is -1.02. The highest BCUT2D eigenvalue weighted by molar-refractivity contribution is 6.46. The van der Waals surface area contributed by atoms with Crippen molar-refractivity contribution in [3.63, 3.8) is 0 Å². The number of carbonyl (C=O) groups excluding carboxylic acids is 1. The van der Waals surface area contributed by atoms with Gasteiger partial charge in [-0.25, -0.2) is 0 Å². The molecule has 0 unspecified atom stereocenters. The number of aryl methyl sites for hydroxylation is 1. The molecule has 1 aliphatic carbocycles. The van der Waals surface area contributed by atoms with Crippen LogP contribution in [0.1, 0.15) is 43.2 Å². The van der Waals surface area contributed by atoms with Gasteiger partial charge in [0, 0.05) is 19.5 Å². The summed E-state index contributed by atoms with van der Waals surface area (Å²) >= 11 is 0. The number of guanidine groups is 1. The first-order valence-electron chi connectivity index (χ1n) is 9.71. The van der Waals surface area contributed by atoms with Crippen LogP contribution in [0.3, 0.4) is 0 Å². The molecule has 2 aliphatic rings. The van der Waals surface area contributed by atoms with Crippen molar-refractivity contribution in [3.05, 3.63) is 29.3 Å². The number of hydrogen-bond donors (Lipinski definition) is 5. The van der Waals surface area contributed by atoms with Crippen LogP contribution in [0.5, 0.6) is 5.75 Å². The van der Waals surface area contributed by atoms with Gasteiger partial charge >= 0.3 is 7.12 Å². The van der Waals surface area contributed by atoms with Crippen molar-refractivity contribution in [2.45, 2.75) is 57.4 Å². The van der Waals surface area contributed by atoms with Gasteiger partial charge in [0.2, 0.25) is 5.91 Å². The number of rotatable bonds is 4. The van der Waals surface area contributed by atoms with Gasteiger partial charge in [0.1, 0.15) is 5.75 Å². The summed E-state index contributed by atoms with van der Waals surface area (Å²) in [4.78, 5) is 12.5. The van der Waals surface area contributed by atoms with Crippen molar-refractivity contribution in [1.82, 2.24) is 16.0 Å². The summed E-state index contributed by atoms with van der Waals surface area (Å²) in [5, 5.41) is 26.8. The van der Waals surface area contributed by atoms with Gasteiger partial charge in [0.05, 0.1) is 5.94 Å². The second-order valence-corrected chi connectivity index (χ2v) is 7.64. The Kier molecular flexibility index (Phi) is 6.26. The van der Waals surface area contributed by atoms with Gasteiger partial charge in [0.25, 0.3) is 0 Å². The van der Waals surface area contributed by atoms with E-state index in [2.05, 4.69) is 16.0 Å². The van der Waals surface area contributed by atoms with Gasteiger partial charge in [-0.05, 0) is 56.1 Å². The van der Waals surface area contributed by atoms with Crippen molar-refractivity contribution in [3.8, 4) is 5.75 Å². The molecule has 27 heavy (non-hydrogen) atoms. The Morgan fingerprint density at radius 1 is 1.30 bits per heavy atom. The predicted octanol–water partition coefficient (Wildman–Crippen LogP) is 1.13. The molecule has 1 atom stereocenters. The summed E-state index contributed by atoms with van der Waals surface area (Å²) in [5.74, 6) is 0.980. The minimum absolute atomic E-state index is 0.0295. The van der Waals surface area contributed by atoms with Crippen LogP contribution >= 0.6 is 0 Å². The molecule has 0 radical (unpaired) electrons. The van der Waals surface area contributed by atoms with Crippen molar-refractivity contribution < 1.29 is 14.5 Å². The summed E-state index contributed by atoms with van der Waals surface area (Å²) in [7, 11) is 0.712. The van der Waals surface area contributed by atoms with E-state index < -0.39 is 13.1 Å². The summed E-state index contributed by atoms with van der Waals surface area (Å²) in [6.45, 7) is 1.95. The van der Waals surface area contributed by atoms with E-state index in [4.69, 9.17) is 10.1 Å². The third kappa shape index (κ3) is 4.94. The van der Waals surface area contributed by atoms with Crippen LogP contribution in [-0.4, -0.2) is 43.0 Å². The number of fused-ring (bicyclic) bond motifs is 1. The molecule has 1 aliphatic heterocycles. The zero-order chi connectivity index (χ0) is 19.4. The molecule has 1 aromatic carbocycles. The lowest BCUT2D eigenvalue weighted by Crippen LogP contribution is -2.53. The molecule has 8 heteroatoms. The number of benzene rings is 1. The monoisotopic (exact) mass is 372 g/mol. The van der Waals surface area contributed by atoms with Crippen molar-refractivity contribution in [1.29, 1.82) is 5.41 Å². The fraction of sp³-hybridized carbons (Fsp3) is 0.579. The molecule has 0 saturated heterocycles. The van der Waals surface area contributed by atoms with Gasteiger partial charge in [-0.15, -0.1) is 0 Å². The van der Waals surface area contributed by atoms with E-state index in [1.807, 2.05) is 25.1 Å². The highest BCUT2D eigenvalue weighted by atomic mass is 16.5. The van der Waals surface area contributed by atoms with Crippen LogP contribution in [-0.2, 0) is 11.2 Å². The van der Waals surface area contributed by atoms with E-state index in [9.17, 15) is 9.82 Å². The molecule has 1 amide bonds. The largest absolute Gasteiger partial charge is 0.547 e. The van der Waals surface area contributed by atoms with E-state index in [0.717, 1.165) is 42.6 Å². The lowest BCUT2D eigenvalue weighted by molar-refractivity contribution is -0.122. The zero-order valence-corrected chi connectivity index (χ0v) is 16.0. The predicted molar refractivity (Wildman–Crippen MR) is 106 cm³/mol. The Morgan fingerprint density at radius 3 is 2.74 bits per heavy atom. The Bertz CT molecular complexity index is 692. The quantitative estimate of drug-likeness (QED) is 0.310. The molecule has 146 valence electrons. The Hall–Kier alpha value is -2.22. The molecule has 0 aromatic heterocycles. The molecule has 3 rings (SSSR count). The highest BCUT2D eigenvalue weighted by Gasteiger charge is 2.36. The van der Waals surface area contributed by atoms with Gasteiger partial charge in [-0.1, -0.05) is 18.2 Å². The maximum absolute atomic E-state index is 12.5. The van der Waals surface area contributed by atoms with E-state index in [-0.39, 0.29) is 5.91 Å². The van der Waals surface area contributed by atoms with Gasteiger partial charge in [0.15, 0.2) is 5.96 Å². The third-order valence-electron chi connectivity index (χ3n) is 5.58. The van der Waals surface area contributed by atoms with Crippen LogP contribution in [0.15, 0.2) is 18.2 Å². The molecule has 0 bridgehead atoms. The molecule has 1 aromatic rings. The highest BCUT2D eigenvalue weighted by Crippen LogP contribution is 2.30. The topological polar surface area (TPSA) is 106 Å². The van der Waals surface area contributed by atoms with Crippen LogP contribution in [0.4, 0.5) is 0 Å². The SMILES string of the molecule is CNC(=N)N[C@H]1CC[C@H](CC(=O)N[C@H]2Cc3cccc(C)c3OB2O)CC1. The zero-order valence-electron chi connectivity index (χ0n) is 16.0. The van der Waals surface area contributed by atoms with E-state index >= 15 is 0 Å². The van der Waals surface area contributed by atoms with Gasteiger partial charge < -0.3 is 25.6 Å². The molecule has 1 heterocycles. The number of carbonyl (C=O) groups is 1. The maximum Gasteiger partial charge on any atom is 0.547 e. The van der Waals surface area contributed by atoms with Crippen molar-refractivity contribution in [2.24, 2.45) is 5.92 Å². The summed E-state index contributed by atoms with van der Waals surface area (Å²) < 4.78 is 5.63. The smallest absolute Gasteiger partial charge is 0.534 e.